The number of imidazole rings is 1. The fourth-order valence-corrected chi connectivity index (χ4v) is 5.16. The van der Waals surface area contributed by atoms with Crippen LogP contribution in [0, 0.1) is 13.8 Å². The molecule has 10 heteroatoms. The van der Waals surface area contributed by atoms with Gasteiger partial charge in [0.15, 0.2) is 5.65 Å². The van der Waals surface area contributed by atoms with Gasteiger partial charge in [0, 0.05) is 55.8 Å². The van der Waals surface area contributed by atoms with Crippen LogP contribution in [-0.4, -0.2) is 64.9 Å². The van der Waals surface area contributed by atoms with Crippen LogP contribution in [0.4, 0.5) is 5.82 Å². The van der Waals surface area contributed by atoms with Crippen molar-refractivity contribution in [1.82, 2.24) is 29.0 Å². The molecule has 0 radical (unpaired) electrons. The minimum atomic E-state index is -0.746. The number of hydrogen-bond donors (Lipinski definition) is 3. The molecule has 0 aliphatic rings. The maximum absolute atomic E-state index is 13.3. The van der Waals surface area contributed by atoms with E-state index in [-0.39, 0.29) is 18.6 Å². The Balaban J connectivity index is 1.55. The number of aromatic nitrogens is 5. The summed E-state index contributed by atoms with van der Waals surface area (Å²) in [5, 5.41) is 28.8. The lowest BCUT2D eigenvalue weighted by atomic mass is 9.98. The lowest BCUT2D eigenvalue weighted by Crippen LogP contribution is -2.37. The number of aryl methyl sites for hydroxylation is 3. The number of carbonyl (C=O) groups excluding carboxylic acids is 1. The normalized spacial score (nSPS) is 12.8. The van der Waals surface area contributed by atoms with Gasteiger partial charge in [-0.25, -0.2) is 9.97 Å². The molecule has 3 N–H and O–H groups in total. The van der Waals surface area contributed by atoms with E-state index >= 15 is 0 Å². The number of nitrogens with zero attached hydrogens (tertiary/aromatic N) is 6. The van der Waals surface area contributed by atoms with Crippen LogP contribution < -0.4 is 5.32 Å². The van der Waals surface area contributed by atoms with E-state index in [1.807, 2.05) is 75.0 Å². The van der Waals surface area contributed by atoms with Gasteiger partial charge >= 0.3 is 0 Å². The van der Waals surface area contributed by atoms with E-state index in [1.54, 1.807) is 29.6 Å². The van der Waals surface area contributed by atoms with Gasteiger partial charge in [-0.05, 0) is 56.0 Å². The Morgan fingerprint density at radius 1 is 1.12 bits per heavy atom. The minimum Gasteiger partial charge on any atom is -0.394 e. The number of hydrogen-bond acceptors (Lipinski definition) is 7. The second-order valence-electron chi connectivity index (χ2n) is 11.1. The van der Waals surface area contributed by atoms with Crippen LogP contribution in [0.5, 0.6) is 0 Å². The van der Waals surface area contributed by atoms with E-state index < -0.39 is 6.10 Å². The first-order chi connectivity index (χ1) is 20.6. The third-order valence-electron chi connectivity index (χ3n) is 7.99. The van der Waals surface area contributed by atoms with Crippen molar-refractivity contribution in [2.45, 2.75) is 52.8 Å². The predicted molar refractivity (Wildman–Crippen MR) is 168 cm³/mol. The summed E-state index contributed by atoms with van der Waals surface area (Å²) in [5.41, 5.74) is 6.94. The van der Waals surface area contributed by atoms with Gasteiger partial charge in [-0.15, -0.1) is 0 Å². The molecule has 0 bridgehead atoms. The van der Waals surface area contributed by atoms with Crippen molar-refractivity contribution in [2.75, 3.05) is 19.0 Å². The Morgan fingerprint density at radius 3 is 2.60 bits per heavy atom. The fraction of sp³-hybridized carbons (Fsp3) is 0.333. The van der Waals surface area contributed by atoms with Crippen LogP contribution in [0.3, 0.4) is 0 Å². The van der Waals surface area contributed by atoms with Crippen molar-refractivity contribution in [3.05, 3.63) is 89.0 Å². The van der Waals surface area contributed by atoms with Gasteiger partial charge in [-0.1, -0.05) is 37.3 Å². The van der Waals surface area contributed by atoms with E-state index in [0.29, 0.717) is 35.7 Å². The maximum atomic E-state index is 13.3. The smallest absolute Gasteiger partial charge is 0.254 e. The van der Waals surface area contributed by atoms with E-state index in [1.165, 1.54) is 0 Å². The summed E-state index contributed by atoms with van der Waals surface area (Å²) in [6.45, 7) is 7.94. The molecular weight excluding hydrogens is 542 g/mol. The number of aliphatic hydroxyl groups is 2. The molecule has 224 valence electrons. The van der Waals surface area contributed by atoms with Crippen LogP contribution in [0.15, 0.2) is 60.9 Å². The third-order valence-corrected chi connectivity index (χ3v) is 7.99. The zero-order valence-corrected chi connectivity index (χ0v) is 25.5. The quantitative estimate of drug-likeness (QED) is 0.214. The third kappa shape index (κ3) is 5.89. The number of nitrogens with one attached hydrogen (secondary N) is 1. The lowest BCUT2D eigenvalue weighted by Gasteiger charge is -2.24. The van der Waals surface area contributed by atoms with E-state index in [4.69, 9.17) is 10.1 Å². The zero-order valence-electron chi connectivity index (χ0n) is 25.5. The first-order valence-electron chi connectivity index (χ1n) is 14.5. The predicted octanol–water partition coefficient (Wildman–Crippen LogP) is 4.92. The number of carbonyl (C=O) groups is 1. The molecule has 2 atom stereocenters. The molecule has 0 fully saturated rings. The van der Waals surface area contributed by atoms with Gasteiger partial charge in [0.05, 0.1) is 30.1 Å². The molecule has 3 aromatic heterocycles. The van der Waals surface area contributed by atoms with Crippen molar-refractivity contribution >= 4 is 17.4 Å². The fourth-order valence-electron chi connectivity index (χ4n) is 5.16. The van der Waals surface area contributed by atoms with E-state index in [0.717, 1.165) is 39.3 Å². The summed E-state index contributed by atoms with van der Waals surface area (Å²) in [4.78, 5) is 24.2. The summed E-state index contributed by atoms with van der Waals surface area (Å²) in [5.74, 6) is 1.42. The zero-order chi connectivity index (χ0) is 30.8. The van der Waals surface area contributed by atoms with Crippen molar-refractivity contribution in [2.24, 2.45) is 7.05 Å². The monoisotopic (exact) mass is 581 g/mol. The molecule has 5 rings (SSSR count). The average Bonchev–Trinajstić information content (AvgIpc) is 3.60. The summed E-state index contributed by atoms with van der Waals surface area (Å²) in [7, 11) is 3.67. The van der Waals surface area contributed by atoms with Crippen molar-refractivity contribution in [3.8, 4) is 22.5 Å². The Hall–Kier alpha value is -4.54. The highest BCUT2D eigenvalue weighted by Crippen LogP contribution is 2.32. The summed E-state index contributed by atoms with van der Waals surface area (Å²) >= 11 is 0. The largest absolute Gasteiger partial charge is 0.394 e. The Labute approximate surface area is 251 Å². The summed E-state index contributed by atoms with van der Waals surface area (Å²) < 4.78 is 3.75. The molecule has 0 saturated carbocycles. The SMILES string of the molecule is CCC(O)c1cc(NCc2cccc(-c3nccn3C)c2)n2nc(C)c(-c3ccc(C)c(C(=O)N(C)C(C)CO)c3)c2n1. The van der Waals surface area contributed by atoms with Gasteiger partial charge in [-0.3, -0.25) is 4.79 Å². The average molecular weight is 582 g/mol. The summed E-state index contributed by atoms with van der Waals surface area (Å²) in [6, 6.07) is 15.5. The number of likely N-dealkylation sites (N-methyl/N-ethyl adjacent to an activating group) is 1. The molecule has 2 unspecified atom stereocenters. The molecule has 10 nitrogen and oxygen atoms in total. The number of amides is 1. The molecule has 0 aliphatic heterocycles. The number of anilines is 1. The van der Waals surface area contributed by atoms with Crippen molar-refractivity contribution in [3.63, 3.8) is 0 Å². The van der Waals surface area contributed by atoms with Gasteiger partial charge in [-0.2, -0.15) is 9.61 Å². The lowest BCUT2D eigenvalue weighted by molar-refractivity contribution is 0.0681. The van der Waals surface area contributed by atoms with Crippen LogP contribution in [0.25, 0.3) is 28.2 Å². The molecule has 5 aromatic rings. The Morgan fingerprint density at radius 2 is 1.91 bits per heavy atom. The molecule has 1 amide bonds. The maximum Gasteiger partial charge on any atom is 0.254 e. The van der Waals surface area contributed by atoms with Crippen LogP contribution in [-0.2, 0) is 13.6 Å². The van der Waals surface area contributed by atoms with Crippen LogP contribution in [0.2, 0.25) is 0 Å². The standard InChI is InChI=1S/C33H39N7O3/c1-7-28(42)27-17-29(35-18-23-9-8-10-25(15-23)31-34-13-14-38(31)5)40-32(36-27)30(22(4)37-40)24-12-11-20(2)26(16-24)33(43)39(6)21(3)19-41/h8-17,21,28,35,41-42H,7,18-19H2,1-6H3. The Bertz CT molecular complexity index is 1770. The first kappa shape index (κ1) is 29.9. The van der Waals surface area contributed by atoms with Crippen molar-refractivity contribution in [1.29, 1.82) is 0 Å². The molecule has 2 aromatic carbocycles. The van der Waals surface area contributed by atoms with Gasteiger partial charge < -0.3 is 25.0 Å². The Kier molecular flexibility index (Phi) is 8.61. The molecule has 3 heterocycles. The van der Waals surface area contributed by atoms with Crippen LogP contribution >= 0.6 is 0 Å². The summed E-state index contributed by atoms with van der Waals surface area (Å²) in [6.07, 6.45) is 3.47. The van der Waals surface area contributed by atoms with Gasteiger partial charge in [0.2, 0.25) is 0 Å². The topological polar surface area (TPSA) is 121 Å². The second kappa shape index (κ2) is 12.4. The number of benzene rings is 2. The van der Waals surface area contributed by atoms with E-state index in [9.17, 15) is 15.0 Å². The van der Waals surface area contributed by atoms with Gasteiger partial charge in [0.1, 0.15) is 11.6 Å². The number of fused-ring (bicyclic) bond motifs is 1. The molecule has 0 spiro atoms. The molecular formula is C33H39N7O3. The highest BCUT2D eigenvalue weighted by Gasteiger charge is 2.23. The first-order valence-corrected chi connectivity index (χ1v) is 14.5. The molecule has 43 heavy (non-hydrogen) atoms. The minimum absolute atomic E-state index is 0.121. The highest BCUT2D eigenvalue weighted by molar-refractivity contribution is 5.97. The van der Waals surface area contributed by atoms with E-state index in [2.05, 4.69) is 22.4 Å². The number of rotatable bonds is 10. The van der Waals surface area contributed by atoms with Crippen LogP contribution in [0.1, 0.15) is 59.2 Å². The second-order valence-corrected chi connectivity index (χ2v) is 11.1. The van der Waals surface area contributed by atoms with Crippen molar-refractivity contribution < 1.29 is 15.0 Å². The van der Waals surface area contributed by atoms with Gasteiger partial charge in [0.25, 0.3) is 5.91 Å². The molecule has 0 saturated heterocycles. The highest BCUT2D eigenvalue weighted by atomic mass is 16.3. The number of aliphatic hydroxyl groups excluding tert-OH is 2. The molecule has 0 aliphatic carbocycles.